The maximum absolute atomic E-state index is 10.8. The molecule has 2 rings (SSSR count). The third kappa shape index (κ3) is 2.69. The fraction of sp³-hybridized carbons (Fsp3) is 0.750. The third-order valence-electron chi connectivity index (χ3n) is 3.29. The molecule has 2 unspecified atom stereocenters. The van der Waals surface area contributed by atoms with Gasteiger partial charge in [-0.1, -0.05) is 11.6 Å². The molecule has 5 nitrogen and oxygen atoms in total. The summed E-state index contributed by atoms with van der Waals surface area (Å²) in [5.41, 5.74) is -0.282. The summed E-state index contributed by atoms with van der Waals surface area (Å²) in [6, 6.07) is 0. The third-order valence-corrected chi connectivity index (χ3v) is 3.56. The van der Waals surface area contributed by atoms with Crippen LogP contribution < -0.4 is 0 Å². The van der Waals surface area contributed by atoms with Crippen LogP contribution >= 0.6 is 11.6 Å². The minimum absolute atomic E-state index is 0.0191. The second kappa shape index (κ2) is 5.57. The Balaban J connectivity index is 2.27. The summed E-state index contributed by atoms with van der Waals surface area (Å²) in [4.78, 5) is 0. The van der Waals surface area contributed by atoms with Gasteiger partial charge in [-0.25, -0.2) is 0 Å². The van der Waals surface area contributed by atoms with E-state index in [1.807, 2.05) is 6.92 Å². The molecular weight excluding hydrogens is 256 g/mol. The summed E-state index contributed by atoms with van der Waals surface area (Å²) in [6.45, 7) is 3.60. The Labute approximate surface area is 112 Å². The predicted molar refractivity (Wildman–Crippen MR) is 67.7 cm³/mol. The highest BCUT2D eigenvalue weighted by Crippen LogP contribution is 2.38. The highest BCUT2D eigenvalue weighted by Gasteiger charge is 2.39. The van der Waals surface area contributed by atoms with Crippen LogP contribution in [0.4, 0.5) is 0 Å². The molecule has 0 aromatic carbocycles. The van der Waals surface area contributed by atoms with Gasteiger partial charge in [0.1, 0.15) is 5.60 Å². The quantitative estimate of drug-likeness (QED) is 0.905. The van der Waals surface area contributed by atoms with Crippen molar-refractivity contribution >= 4 is 11.6 Å². The fourth-order valence-corrected chi connectivity index (χ4v) is 2.77. The van der Waals surface area contributed by atoms with Crippen molar-refractivity contribution in [2.75, 3.05) is 20.3 Å². The maximum Gasteiger partial charge on any atom is 0.112 e. The number of halogens is 1. The minimum atomic E-state index is -0.959. The van der Waals surface area contributed by atoms with Crippen molar-refractivity contribution in [2.24, 2.45) is 0 Å². The van der Waals surface area contributed by atoms with Gasteiger partial charge in [0, 0.05) is 20.0 Å². The lowest BCUT2D eigenvalue weighted by atomic mass is 9.87. The van der Waals surface area contributed by atoms with E-state index in [4.69, 9.17) is 21.1 Å². The van der Waals surface area contributed by atoms with Gasteiger partial charge in [-0.3, -0.25) is 4.68 Å². The van der Waals surface area contributed by atoms with Gasteiger partial charge < -0.3 is 14.6 Å². The molecule has 0 saturated carbocycles. The van der Waals surface area contributed by atoms with Crippen molar-refractivity contribution < 1.29 is 14.6 Å². The van der Waals surface area contributed by atoms with Gasteiger partial charge in [0.15, 0.2) is 0 Å². The average Bonchev–Trinajstić information content (AvgIpc) is 2.68. The van der Waals surface area contributed by atoms with E-state index in [1.165, 1.54) is 0 Å². The number of aliphatic hydroxyl groups is 1. The molecule has 1 saturated heterocycles. The van der Waals surface area contributed by atoms with Gasteiger partial charge in [0.2, 0.25) is 0 Å². The molecule has 1 aliphatic heterocycles. The van der Waals surface area contributed by atoms with Crippen LogP contribution in [0.1, 0.15) is 25.5 Å². The smallest absolute Gasteiger partial charge is 0.112 e. The van der Waals surface area contributed by atoms with Gasteiger partial charge in [-0.2, -0.15) is 5.10 Å². The molecule has 1 fully saturated rings. The second-order valence-electron chi connectivity index (χ2n) is 4.72. The Morgan fingerprint density at radius 3 is 3.17 bits per heavy atom. The van der Waals surface area contributed by atoms with Crippen LogP contribution in [0, 0.1) is 0 Å². The second-order valence-corrected chi connectivity index (χ2v) is 5.13. The van der Waals surface area contributed by atoms with Crippen molar-refractivity contribution in [1.29, 1.82) is 0 Å². The van der Waals surface area contributed by atoms with Crippen molar-refractivity contribution in [3.05, 3.63) is 16.9 Å². The van der Waals surface area contributed by atoms with Crippen LogP contribution in [0.5, 0.6) is 0 Å². The molecule has 6 heteroatoms. The number of hydrogen-bond donors (Lipinski definition) is 1. The zero-order valence-electron chi connectivity index (χ0n) is 10.7. The summed E-state index contributed by atoms with van der Waals surface area (Å²) >= 11 is 6.17. The molecule has 0 spiro atoms. The van der Waals surface area contributed by atoms with E-state index in [9.17, 15) is 5.11 Å². The molecule has 1 aliphatic rings. The Morgan fingerprint density at radius 2 is 2.50 bits per heavy atom. The van der Waals surface area contributed by atoms with E-state index in [1.54, 1.807) is 18.0 Å². The summed E-state index contributed by atoms with van der Waals surface area (Å²) in [5.74, 6) is 0. The lowest BCUT2D eigenvalue weighted by Crippen LogP contribution is -2.39. The van der Waals surface area contributed by atoms with Gasteiger partial charge in [0.05, 0.1) is 42.8 Å². The molecule has 0 bridgehead atoms. The van der Waals surface area contributed by atoms with E-state index < -0.39 is 5.60 Å². The lowest BCUT2D eigenvalue weighted by Gasteiger charge is -2.36. The Bertz CT molecular complexity index is 410. The van der Waals surface area contributed by atoms with Gasteiger partial charge in [0.25, 0.3) is 0 Å². The van der Waals surface area contributed by atoms with Crippen LogP contribution in [0.3, 0.4) is 0 Å². The number of rotatable bonds is 4. The zero-order chi connectivity index (χ0) is 13.2. The zero-order valence-corrected chi connectivity index (χ0v) is 11.5. The monoisotopic (exact) mass is 274 g/mol. The molecule has 1 aromatic rings. The minimum Gasteiger partial charge on any atom is -0.383 e. The van der Waals surface area contributed by atoms with Crippen molar-refractivity contribution in [2.45, 2.75) is 38.0 Å². The molecule has 2 atom stereocenters. The number of aromatic nitrogens is 2. The highest BCUT2D eigenvalue weighted by atomic mass is 35.5. The lowest BCUT2D eigenvalue weighted by molar-refractivity contribution is -0.106. The van der Waals surface area contributed by atoms with Crippen molar-refractivity contribution in [3.8, 4) is 0 Å². The number of methoxy groups -OCH3 is 1. The largest absolute Gasteiger partial charge is 0.383 e. The molecule has 102 valence electrons. The summed E-state index contributed by atoms with van der Waals surface area (Å²) < 4.78 is 12.2. The van der Waals surface area contributed by atoms with Crippen LogP contribution in [0.25, 0.3) is 0 Å². The Kier molecular flexibility index (Phi) is 4.27. The van der Waals surface area contributed by atoms with Crippen LogP contribution in [0.2, 0.25) is 5.02 Å². The van der Waals surface area contributed by atoms with E-state index in [-0.39, 0.29) is 6.10 Å². The maximum atomic E-state index is 10.8. The molecule has 1 N–H and O–H groups in total. The van der Waals surface area contributed by atoms with Crippen molar-refractivity contribution in [3.63, 3.8) is 0 Å². The summed E-state index contributed by atoms with van der Waals surface area (Å²) in [6.07, 6.45) is 2.66. The summed E-state index contributed by atoms with van der Waals surface area (Å²) in [5, 5.41) is 15.5. The summed E-state index contributed by atoms with van der Waals surface area (Å²) in [7, 11) is 1.63. The first kappa shape index (κ1) is 13.8. The average molecular weight is 275 g/mol. The van der Waals surface area contributed by atoms with Crippen LogP contribution in [-0.2, 0) is 21.6 Å². The van der Waals surface area contributed by atoms with Crippen LogP contribution in [0.15, 0.2) is 6.20 Å². The number of ether oxygens (including phenoxy) is 2. The van der Waals surface area contributed by atoms with Gasteiger partial charge in [-0.05, 0) is 6.92 Å². The molecule has 0 amide bonds. The fourth-order valence-electron chi connectivity index (χ4n) is 2.45. The molecule has 0 aliphatic carbocycles. The predicted octanol–water partition coefficient (Wildman–Crippen LogP) is 1.57. The number of nitrogens with zero attached hydrogens (tertiary/aromatic N) is 2. The molecule has 0 radical (unpaired) electrons. The molecular formula is C12H19ClN2O3. The first-order valence-electron chi connectivity index (χ1n) is 6.11. The van der Waals surface area contributed by atoms with Crippen LogP contribution in [-0.4, -0.2) is 41.3 Å². The highest BCUT2D eigenvalue weighted by molar-refractivity contribution is 6.31. The van der Waals surface area contributed by atoms with E-state index in [0.29, 0.717) is 43.3 Å². The number of hydrogen-bond acceptors (Lipinski definition) is 4. The standard InChI is InChI=1S/C12H19ClN2O3/c1-9-7-12(16,3-5-18-9)11-10(13)8-14-15(11)4-6-17-2/h8-9,16H,3-7H2,1-2H3. The Hall–Kier alpha value is -0.620. The first-order valence-corrected chi connectivity index (χ1v) is 6.49. The normalized spacial score (nSPS) is 28.6. The molecule has 1 aromatic heterocycles. The molecule has 18 heavy (non-hydrogen) atoms. The topological polar surface area (TPSA) is 56.5 Å². The Morgan fingerprint density at radius 1 is 1.72 bits per heavy atom. The molecule has 2 heterocycles. The van der Waals surface area contributed by atoms with E-state index >= 15 is 0 Å². The van der Waals surface area contributed by atoms with E-state index in [2.05, 4.69) is 5.10 Å². The van der Waals surface area contributed by atoms with Gasteiger partial charge >= 0.3 is 0 Å². The van der Waals surface area contributed by atoms with Crippen molar-refractivity contribution in [1.82, 2.24) is 9.78 Å². The van der Waals surface area contributed by atoms with E-state index in [0.717, 1.165) is 0 Å². The van der Waals surface area contributed by atoms with Gasteiger partial charge in [-0.15, -0.1) is 0 Å². The SMILES string of the molecule is COCCn1ncc(Cl)c1C1(O)CCOC(C)C1. The first-order chi connectivity index (χ1) is 8.57.